The summed E-state index contributed by atoms with van der Waals surface area (Å²) in [6, 6.07) is -1.23. The van der Waals surface area contributed by atoms with Crippen molar-refractivity contribution in [3.8, 4) is 0 Å². The fourth-order valence-corrected chi connectivity index (χ4v) is 1.49. The molecule has 0 rings (SSSR count). The van der Waals surface area contributed by atoms with Crippen LogP contribution >= 0.6 is 0 Å². The summed E-state index contributed by atoms with van der Waals surface area (Å²) >= 11 is 0. The summed E-state index contributed by atoms with van der Waals surface area (Å²) in [5, 5.41) is 7.98. The van der Waals surface area contributed by atoms with Crippen molar-refractivity contribution in [2.45, 2.75) is 25.1 Å². The van der Waals surface area contributed by atoms with E-state index in [0.29, 0.717) is 0 Å². The highest BCUT2D eigenvalue weighted by molar-refractivity contribution is 7.90. The smallest absolute Gasteiger partial charge is 0.324 e. The van der Waals surface area contributed by atoms with E-state index in [1.54, 1.807) is 0 Å². The van der Waals surface area contributed by atoms with E-state index in [0.717, 1.165) is 0 Å². The molecule has 7 heteroatoms. The van der Waals surface area contributed by atoms with Crippen LogP contribution in [0.1, 0.15) is 13.8 Å². The Hall–Kier alpha value is -0.660. The first kappa shape index (κ1) is 13.3. The van der Waals surface area contributed by atoms with Gasteiger partial charge in [0, 0.05) is 7.11 Å². The van der Waals surface area contributed by atoms with Gasteiger partial charge in [0.05, 0.1) is 11.9 Å². The number of hydrogen-bond acceptors (Lipinski definition) is 4. The molecule has 0 aromatic heterocycles. The summed E-state index contributed by atoms with van der Waals surface area (Å²) < 4.78 is 29.2. The normalized spacial score (nSPS) is 14.3. The molecule has 0 radical (unpaired) electrons. The minimum Gasteiger partial charge on any atom is -0.480 e. The van der Waals surface area contributed by atoms with Crippen molar-refractivity contribution in [3.05, 3.63) is 0 Å². The van der Waals surface area contributed by atoms with Crippen molar-refractivity contribution in [1.82, 2.24) is 4.72 Å². The number of ether oxygens (including phenoxy) is 1. The van der Waals surface area contributed by atoms with Gasteiger partial charge >= 0.3 is 5.97 Å². The number of carboxylic acids is 1. The lowest BCUT2D eigenvalue weighted by Gasteiger charge is -2.15. The molecule has 1 atom stereocenters. The maximum atomic E-state index is 11.3. The van der Waals surface area contributed by atoms with Gasteiger partial charge in [-0.2, -0.15) is 4.72 Å². The predicted molar refractivity (Wildman–Crippen MR) is 50.5 cm³/mol. The summed E-state index contributed by atoms with van der Waals surface area (Å²) in [6.07, 6.45) is 0. The molecule has 6 nitrogen and oxygen atoms in total. The van der Waals surface area contributed by atoms with Gasteiger partial charge in [0.15, 0.2) is 0 Å². The van der Waals surface area contributed by atoms with E-state index in [1.807, 2.05) is 4.72 Å². The Morgan fingerprint density at radius 1 is 1.50 bits per heavy atom. The van der Waals surface area contributed by atoms with Gasteiger partial charge in [0.25, 0.3) is 0 Å². The van der Waals surface area contributed by atoms with E-state index in [4.69, 9.17) is 5.11 Å². The van der Waals surface area contributed by atoms with Crippen LogP contribution in [0.25, 0.3) is 0 Å². The second-order valence-corrected chi connectivity index (χ2v) is 5.33. The van der Waals surface area contributed by atoms with Crippen LogP contribution in [-0.4, -0.2) is 44.5 Å². The zero-order valence-corrected chi connectivity index (χ0v) is 9.17. The Kier molecular flexibility index (Phi) is 5.03. The summed E-state index contributed by atoms with van der Waals surface area (Å²) in [5.74, 6) is -1.25. The minimum atomic E-state index is -3.58. The van der Waals surface area contributed by atoms with Crippen LogP contribution in [0.4, 0.5) is 0 Å². The maximum absolute atomic E-state index is 11.3. The lowest BCUT2D eigenvalue weighted by molar-refractivity contribution is -0.140. The molecule has 0 aliphatic rings. The van der Waals surface area contributed by atoms with Gasteiger partial charge in [0.2, 0.25) is 10.0 Å². The lowest BCUT2D eigenvalue weighted by Crippen LogP contribution is -2.46. The Balaban J connectivity index is 4.53. The highest BCUT2D eigenvalue weighted by Gasteiger charge is 2.25. The van der Waals surface area contributed by atoms with E-state index in [2.05, 4.69) is 4.74 Å². The van der Waals surface area contributed by atoms with E-state index in [-0.39, 0.29) is 6.61 Å². The molecule has 0 saturated heterocycles. The average Bonchev–Trinajstić information content (AvgIpc) is 2.02. The van der Waals surface area contributed by atoms with Crippen LogP contribution in [0.15, 0.2) is 0 Å². The zero-order valence-electron chi connectivity index (χ0n) is 8.35. The minimum absolute atomic E-state index is 0.193. The first-order valence-corrected chi connectivity index (χ1v) is 5.58. The second-order valence-electron chi connectivity index (χ2n) is 3.06. The molecule has 1 unspecified atom stereocenters. The van der Waals surface area contributed by atoms with Crippen LogP contribution in [0.5, 0.6) is 0 Å². The summed E-state index contributed by atoms with van der Waals surface area (Å²) in [6.45, 7) is 2.74. The molecule has 0 aromatic carbocycles. The van der Waals surface area contributed by atoms with Crippen molar-refractivity contribution < 1.29 is 23.1 Å². The number of carboxylic acid groups (broad SMARTS) is 1. The average molecular weight is 225 g/mol. The van der Waals surface area contributed by atoms with Crippen LogP contribution < -0.4 is 4.72 Å². The van der Waals surface area contributed by atoms with Crippen LogP contribution in [-0.2, 0) is 19.6 Å². The van der Waals surface area contributed by atoms with Crippen LogP contribution in [0.3, 0.4) is 0 Å². The molecule has 0 aromatic rings. The SMILES string of the molecule is COCC(NS(=O)(=O)C(C)C)C(=O)O. The molecule has 0 aliphatic heterocycles. The fraction of sp³-hybridized carbons (Fsp3) is 0.857. The lowest BCUT2D eigenvalue weighted by atomic mass is 10.3. The van der Waals surface area contributed by atoms with E-state index >= 15 is 0 Å². The molecule has 0 fully saturated rings. The van der Waals surface area contributed by atoms with Crippen LogP contribution in [0, 0.1) is 0 Å². The van der Waals surface area contributed by atoms with E-state index in [1.165, 1.54) is 21.0 Å². The topological polar surface area (TPSA) is 92.7 Å². The van der Waals surface area contributed by atoms with Gasteiger partial charge in [-0.1, -0.05) is 0 Å². The molecule has 0 aliphatic carbocycles. The zero-order chi connectivity index (χ0) is 11.4. The predicted octanol–water partition coefficient (Wildman–Crippen LogP) is -0.586. The molecule has 0 bridgehead atoms. The van der Waals surface area contributed by atoms with Crippen LogP contribution in [0.2, 0.25) is 0 Å². The fourth-order valence-electron chi connectivity index (χ4n) is 0.657. The van der Waals surface area contributed by atoms with Gasteiger partial charge in [-0.3, -0.25) is 4.79 Å². The first-order chi connectivity index (χ1) is 6.31. The number of nitrogens with one attached hydrogen (secondary N) is 1. The third kappa shape index (κ3) is 4.03. The molecule has 0 saturated carbocycles. The number of rotatable bonds is 6. The van der Waals surface area contributed by atoms with E-state index in [9.17, 15) is 13.2 Å². The van der Waals surface area contributed by atoms with Gasteiger partial charge < -0.3 is 9.84 Å². The van der Waals surface area contributed by atoms with Crippen molar-refractivity contribution in [1.29, 1.82) is 0 Å². The Morgan fingerprint density at radius 2 is 2.00 bits per heavy atom. The molecule has 0 heterocycles. The monoisotopic (exact) mass is 225 g/mol. The number of hydrogen-bond donors (Lipinski definition) is 2. The number of methoxy groups -OCH3 is 1. The third-order valence-corrected chi connectivity index (χ3v) is 3.41. The summed E-state index contributed by atoms with van der Waals surface area (Å²) in [4.78, 5) is 10.6. The molecule has 0 spiro atoms. The van der Waals surface area contributed by atoms with Crippen molar-refractivity contribution >= 4 is 16.0 Å². The molecule has 2 N–H and O–H groups in total. The first-order valence-electron chi connectivity index (χ1n) is 4.04. The molecule has 14 heavy (non-hydrogen) atoms. The highest BCUT2D eigenvalue weighted by Crippen LogP contribution is 1.99. The Labute approximate surface area is 83.3 Å². The third-order valence-electron chi connectivity index (χ3n) is 1.56. The molecule has 84 valence electrons. The van der Waals surface area contributed by atoms with Crippen molar-refractivity contribution in [2.24, 2.45) is 0 Å². The molecular formula is C7H15NO5S. The molecular weight excluding hydrogens is 210 g/mol. The number of sulfonamides is 1. The maximum Gasteiger partial charge on any atom is 0.324 e. The second kappa shape index (κ2) is 5.28. The number of aliphatic carboxylic acids is 1. The van der Waals surface area contributed by atoms with E-state index < -0.39 is 27.3 Å². The summed E-state index contributed by atoms with van der Waals surface area (Å²) in [7, 11) is -2.27. The highest BCUT2D eigenvalue weighted by atomic mass is 32.2. The van der Waals surface area contributed by atoms with Gasteiger partial charge in [-0.25, -0.2) is 8.42 Å². The molecule has 0 amide bonds. The standard InChI is InChI=1S/C7H15NO5S/c1-5(2)14(11,12)8-6(4-13-3)7(9)10/h5-6,8H,4H2,1-3H3,(H,9,10). The Morgan fingerprint density at radius 3 is 2.29 bits per heavy atom. The van der Waals surface area contributed by atoms with Crippen molar-refractivity contribution in [3.63, 3.8) is 0 Å². The summed E-state index contributed by atoms with van der Waals surface area (Å²) in [5.41, 5.74) is 0. The van der Waals surface area contributed by atoms with Gasteiger partial charge in [0.1, 0.15) is 6.04 Å². The van der Waals surface area contributed by atoms with Gasteiger partial charge in [-0.05, 0) is 13.8 Å². The number of carbonyl (C=O) groups is 1. The Bertz CT molecular complexity index is 284. The quantitative estimate of drug-likeness (QED) is 0.630. The largest absolute Gasteiger partial charge is 0.480 e. The van der Waals surface area contributed by atoms with Gasteiger partial charge in [-0.15, -0.1) is 0 Å². The van der Waals surface area contributed by atoms with Crippen molar-refractivity contribution in [2.75, 3.05) is 13.7 Å².